The first-order chi connectivity index (χ1) is 11.1. The van der Waals surface area contributed by atoms with Gasteiger partial charge < -0.3 is 14.7 Å². The zero-order valence-electron chi connectivity index (χ0n) is 12.8. The molecule has 1 fully saturated rings. The molecule has 0 unspecified atom stereocenters. The first-order valence-electron chi connectivity index (χ1n) is 7.73. The van der Waals surface area contributed by atoms with Crippen molar-refractivity contribution in [3.05, 3.63) is 41.2 Å². The molecule has 7 nitrogen and oxygen atoms in total. The van der Waals surface area contributed by atoms with Gasteiger partial charge in [-0.25, -0.2) is 4.68 Å². The van der Waals surface area contributed by atoms with Gasteiger partial charge in [0, 0.05) is 13.1 Å². The predicted molar refractivity (Wildman–Crippen MR) is 81.0 cm³/mol. The molecule has 7 heteroatoms. The second kappa shape index (κ2) is 5.34. The average molecular weight is 314 g/mol. The SMILES string of the molecule is Cc1ccc(C(=O)N2CC[C@@H]3OCc4cnnn4[C@@H]3C2)c(O)c1. The number of nitrogens with zero attached hydrogens (tertiary/aromatic N) is 4. The molecule has 0 radical (unpaired) electrons. The van der Waals surface area contributed by atoms with Crippen LogP contribution in [-0.2, 0) is 11.3 Å². The van der Waals surface area contributed by atoms with Crippen molar-refractivity contribution in [1.82, 2.24) is 19.9 Å². The molecule has 2 aliphatic heterocycles. The molecule has 4 rings (SSSR count). The topological polar surface area (TPSA) is 80.5 Å². The van der Waals surface area contributed by atoms with Gasteiger partial charge in [-0.1, -0.05) is 11.3 Å². The van der Waals surface area contributed by atoms with Gasteiger partial charge in [0.25, 0.3) is 5.91 Å². The molecule has 120 valence electrons. The van der Waals surface area contributed by atoms with Crippen LogP contribution in [0.2, 0.25) is 0 Å². The summed E-state index contributed by atoms with van der Waals surface area (Å²) >= 11 is 0. The minimum absolute atomic E-state index is 0.0217. The van der Waals surface area contributed by atoms with E-state index in [0.29, 0.717) is 25.3 Å². The Morgan fingerprint density at radius 1 is 1.43 bits per heavy atom. The Balaban J connectivity index is 1.59. The molecule has 2 aliphatic rings. The highest BCUT2D eigenvalue weighted by atomic mass is 16.5. The van der Waals surface area contributed by atoms with Crippen molar-refractivity contribution in [2.75, 3.05) is 13.1 Å². The molecule has 1 amide bonds. The van der Waals surface area contributed by atoms with Gasteiger partial charge in [-0.05, 0) is 31.0 Å². The largest absolute Gasteiger partial charge is 0.507 e. The third kappa shape index (κ3) is 2.37. The van der Waals surface area contributed by atoms with E-state index in [0.717, 1.165) is 17.7 Å². The van der Waals surface area contributed by atoms with Gasteiger partial charge in [0.15, 0.2) is 0 Å². The van der Waals surface area contributed by atoms with E-state index >= 15 is 0 Å². The van der Waals surface area contributed by atoms with Crippen LogP contribution in [0.4, 0.5) is 0 Å². The van der Waals surface area contributed by atoms with Crippen LogP contribution in [0.1, 0.15) is 34.1 Å². The lowest BCUT2D eigenvalue weighted by Gasteiger charge is -2.41. The number of aromatic nitrogens is 3. The maximum Gasteiger partial charge on any atom is 0.257 e. The first kappa shape index (κ1) is 14.2. The molecule has 0 aliphatic carbocycles. The van der Waals surface area contributed by atoms with Crippen LogP contribution < -0.4 is 0 Å². The minimum atomic E-state index is -0.159. The van der Waals surface area contributed by atoms with Gasteiger partial charge in [0.05, 0.1) is 36.2 Å². The molecule has 2 aromatic rings. The second-order valence-electron chi connectivity index (χ2n) is 6.15. The second-order valence-corrected chi connectivity index (χ2v) is 6.15. The van der Waals surface area contributed by atoms with Crippen LogP contribution in [0, 0.1) is 6.92 Å². The predicted octanol–water partition coefficient (Wildman–Crippen LogP) is 1.28. The van der Waals surface area contributed by atoms with Gasteiger partial charge >= 0.3 is 0 Å². The number of aryl methyl sites for hydroxylation is 1. The number of benzene rings is 1. The number of piperidine rings is 1. The van der Waals surface area contributed by atoms with Crippen LogP contribution in [0.5, 0.6) is 5.75 Å². The number of likely N-dealkylation sites (tertiary alicyclic amines) is 1. The lowest BCUT2D eigenvalue weighted by atomic mass is 9.99. The number of fused-ring (bicyclic) bond motifs is 3. The highest BCUT2D eigenvalue weighted by Gasteiger charge is 2.38. The highest BCUT2D eigenvalue weighted by molar-refractivity contribution is 5.97. The van der Waals surface area contributed by atoms with Crippen molar-refractivity contribution in [3.8, 4) is 5.75 Å². The van der Waals surface area contributed by atoms with E-state index in [-0.39, 0.29) is 23.8 Å². The number of carbonyl (C=O) groups is 1. The van der Waals surface area contributed by atoms with Crippen LogP contribution in [0.25, 0.3) is 0 Å². The molecule has 0 bridgehead atoms. The molecule has 1 aromatic carbocycles. The molecule has 3 heterocycles. The minimum Gasteiger partial charge on any atom is -0.507 e. The molecule has 2 atom stereocenters. The van der Waals surface area contributed by atoms with E-state index in [9.17, 15) is 9.90 Å². The van der Waals surface area contributed by atoms with Crippen molar-refractivity contribution in [1.29, 1.82) is 0 Å². The third-order valence-corrected chi connectivity index (χ3v) is 4.60. The summed E-state index contributed by atoms with van der Waals surface area (Å²) in [6, 6.07) is 5.10. The molecule has 0 spiro atoms. The number of ether oxygens (including phenoxy) is 1. The van der Waals surface area contributed by atoms with Gasteiger partial charge in [-0.2, -0.15) is 0 Å². The summed E-state index contributed by atoms with van der Waals surface area (Å²) < 4.78 is 7.72. The highest BCUT2D eigenvalue weighted by Crippen LogP contribution is 2.31. The van der Waals surface area contributed by atoms with Crippen molar-refractivity contribution < 1.29 is 14.6 Å². The van der Waals surface area contributed by atoms with Gasteiger partial charge in [0.1, 0.15) is 5.75 Å². The van der Waals surface area contributed by atoms with Crippen LogP contribution in [0.15, 0.2) is 24.4 Å². The van der Waals surface area contributed by atoms with Gasteiger partial charge in [0.2, 0.25) is 0 Å². The molecule has 23 heavy (non-hydrogen) atoms. The molecular weight excluding hydrogens is 296 g/mol. The lowest BCUT2D eigenvalue weighted by molar-refractivity contribution is -0.0605. The Bertz CT molecular complexity index is 758. The first-order valence-corrected chi connectivity index (χ1v) is 7.73. The van der Waals surface area contributed by atoms with E-state index < -0.39 is 0 Å². The van der Waals surface area contributed by atoms with Crippen molar-refractivity contribution >= 4 is 5.91 Å². The Labute approximate surface area is 133 Å². The maximum absolute atomic E-state index is 12.7. The lowest BCUT2D eigenvalue weighted by Crippen LogP contribution is -2.49. The van der Waals surface area contributed by atoms with E-state index in [2.05, 4.69) is 10.3 Å². The fourth-order valence-corrected chi connectivity index (χ4v) is 3.36. The zero-order chi connectivity index (χ0) is 16.0. The Hall–Kier alpha value is -2.41. The fraction of sp³-hybridized carbons (Fsp3) is 0.438. The van der Waals surface area contributed by atoms with Crippen molar-refractivity contribution in [2.45, 2.75) is 32.1 Å². The van der Waals surface area contributed by atoms with Crippen LogP contribution in [0.3, 0.4) is 0 Å². The summed E-state index contributed by atoms with van der Waals surface area (Å²) in [6.45, 7) is 3.51. The monoisotopic (exact) mass is 314 g/mol. The van der Waals surface area contributed by atoms with Crippen molar-refractivity contribution in [3.63, 3.8) is 0 Å². The van der Waals surface area contributed by atoms with E-state index in [1.165, 1.54) is 0 Å². The summed E-state index contributed by atoms with van der Waals surface area (Å²) in [4.78, 5) is 14.5. The Morgan fingerprint density at radius 3 is 3.13 bits per heavy atom. The quantitative estimate of drug-likeness (QED) is 0.857. The fourth-order valence-electron chi connectivity index (χ4n) is 3.36. The van der Waals surface area contributed by atoms with E-state index in [1.807, 2.05) is 17.7 Å². The van der Waals surface area contributed by atoms with Crippen molar-refractivity contribution in [2.24, 2.45) is 0 Å². The maximum atomic E-state index is 12.7. The number of rotatable bonds is 1. The zero-order valence-corrected chi connectivity index (χ0v) is 12.8. The number of phenolic OH excluding ortho intramolecular Hbond substituents is 1. The standard InChI is InChI=1S/C16H18N4O3/c1-10-2-3-12(14(21)6-10)16(22)19-5-4-15-13(8-19)20-11(9-23-15)7-17-18-20/h2-3,6-7,13,15,21H,4-5,8-9H2,1H3/t13-,15+/m1/s1. The number of carbonyl (C=O) groups excluding carboxylic acids is 1. The Morgan fingerprint density at radius 2 is 2.30 bits per heavy atom. The Kier molecular flexibility index (Phi) is 3.30. The van der Waals surface area contributed by atoms with E-state index in [4.69, 9.17) is 4.74 Å². The summed E-state index contributed by atoms with van der Waals surface area (Å²) in [5, 5.41) is 18.1. The molecular formula is C16H18N4O3. The normalized spacial score (nSPS) is 23.3. The summed E-state index contributed by atoms with van der Waals surface area (Å²) in [7, 11) is 0. The molecule has 1 N–H and O–H groups in total. The summed E-state index contributed by atoms with van der Waals surface area (Å²) in [5.41, 5.74) is 2.19. The molecule has 1 aromatic heterocycles. The number of amides is 1. The average Bonchev–Trinajstić information content (AvgIpc) is 3.03. The van der Waals surface area contributed by atoms with Gasteiger partial charge in [-0.15, -0.1) is 5.10 Å². The number of hydrogen-bond donors (Lipinski definition) is 1. The summed E-state index contributed by atoms with van der Waals surface area (Å²) in [6.07, 6.45) is 2.50. The smallest absolute Gasteiger partial charge is 0.257 e. The molecule has 1 saturated heterocycles. The van der Waals surface area contributed by atoms with E-state index in [1.54, 1.807) is 23.2 Å². The van der Waals surface area contributed by atoms with Gasteiger partial charge in [-0.3, -0.25) is 4.79 Å². The number of hydrogen-bond acceptors (Lipinski definition) is 5. The summed E-state index contributed by atoms with van der Waals surface area (Å²) in [5.74, 6) is -0.133. The number of phenols is 1. The van der Waals surface area contributed by atoms with Crippen LogP contribution >= 0.6 is 0 Å². The molecule has 0 saturated carbocycles. The number of aromatic hydroxyl groups is 1. The third-order valence-electron chi connectivity index (χ3n) is 4.60. The van der Waals surface area contributed by atoms with Crippen LogP contribution in [-0.4, -0.2) is 50.1 Å².